The van der Waals surface area contributed by atoms with Gasteiger partial charge in [-0.15, -0.1) is 0 Å². The zero-order valence-electron chi connectivity index (χ0n) is 15.8. The van der Waals surface area contributed by atoms with Crippen molar-refractivity contribution in [2.75, 3.05) is 6.54 Å². The summed E-state index contributed by atoms with van der Waals surface area (Å²) in [5.41, 5.74) is 2.65. The maximum atomic E-state index is 13.0. The van der Waals surface area contributed by atoms with Crippen LogP contribution in [0.15, 0.2) is 42.5 Å². The third kappa shape index (κ3) is 5.72. The Balaban J connectivity index is 2.29. The Morgan fingerprint density at radius 2 is 1.67 bits per heavy atom. The van der Waals surface area contributed by atoms with E-state index in [0.29, 0.717) is 22.2 Å². The lowest BCUT2D eigenvalue weighted by Crippen LogP contribution is -2.48. The fourth-order valence-corrected chi connectivity index (χ4v) is 3.26. The summed E-state index contributed by atoms with van der Waals surface area (Å²) in [6, 6.07) is 12.3. The summed E-state index contributed by atoms with van der Waals surface area (Å²) in [5.74, 6) is -0.369. The van der Waals surface area contributed by atoms with Crippen LogP contribution in [-0.2, 0) is 22.6 Å². The molecule has 0 spiro atoms. The summed E-state index contributed by atoms with van der Waals surface area (Å²) >= 11 is 12.6. The Kier molecular flexibility index (Phi) is 7.69. The van der Waals surface area contributed by atoms with Gasteiger partial charge in [-0.2, -0.15) is 0 Å². The van der Waals surface area contributed by atoms with Gasteiger partial charge in [0.25, 0.3) is 0 Å². The van der Waals surface area contributed by atoms with Crippen LogP contribution < -0.4 is 5.32 Å². The summed E-state index contributed by atoms with van der Waals surface area (Å²) in [5, 5.41) is 3.71. The highest BCUT2D eigenvalue weighted by Crippen LogP contribution is 2.26. The van der Waals surface area contributed by atoms with Crippen LogP contribution in [0.1, 0.15) is 30.5 Å². The molecule has 2 aromatic rings. The number of halogens is 2. The van der Waals surface area contributed by atoms with Crippen LogP contribution in [0, 0.1) is 6.92 Å². The fraction of sp³-hybridized carbons (Fsp3) is 0.333. The highest BCUT2D eigenvalue weighted by atomic mass is 35.5. The second-order valence-corrected chi connectivity index (χ2v) is 7.27. The molecule has 6 heteroatoms. The van der Waals surface area contributed by atoms with Gasteiger partial charge in [0.1, 0.15) is 6.04 Å². The van der Waals surface area contributed by atoms with E-state index >= 15 is 0 Å². The van der Waals surface area contributed by atoms with Crippen molar-refractivity contribution in [3.63, 3.8) is 0 Å². The summed E-state index contributed by atoms with van der Waals surface area (Å²) in [6.45, 7) is 6.21. The molecule has 2 rings (SSSR count). The Morgan fingerprint density at radius 1 is 1.07 bits per heavy atom. The number of aryl methyl sites for hydroxylation is 1. The lowest BCUT2D eigenvalue weighted by atomic mass is 10.1. The molecule has 0 aliphatic heterocycles. The van der Waals surface area contributed by atoms with Crippen LogP contribution in [-0.4, -0.2) is 29.3 Å². The largest absolute Gasteiger partial charge is 0.355 e. The van der Waals surface area contributed by atoms with E-state index < -0.39 is 6.04 Å². The fourth-order valence-electron chi connectivity index (χ4n) is 2.74. The lowest BCUT2D eigenvalue weighted by molar-refractivity contribution is -0.140. The molecular formula is C21H24Cl2N2O2. The minimum atomic E-state index is -0.643. The highest BCUT2D eigenvalue weighted by molar-refractivity contribution is 6.36. The highest BCUT2D eigenvalue weighted by Gasteiger charge is 2.27. The first-order valence-electron chi connectivity index (χ1n) is 8.89. The smallest absolute Gasteiger partial charge is 0.242 e. The van der Waals surface area contributed by atoms with Crippen molar-refractivity contribution < 1.29 is 9.59 Å². The molecule has 0 bridgehead atoms. The molecule has 2 amide bonds. The van der Waals surface area contributed by atoms with Gasteiger partial charge in [-0.25, -0.2) is 0 Å². The van der Waals surface area contributed by atoms with Crippen LogP contribution in [0.2, 0.25) is 10.0 Å². The SMILES string of the molecule is CCNC(=O)[C@@H](C)N(Cc1c(Cl)cccc1Cl)C(=O)Cc1ccc(C)cc1. The van der Waals surface area contributed by atoms with Gasteiger partial charge >= 0.3 is 0 Å². The van der Waals surface area contributed by atoms with Crippen LogP contribution in [0.4, 0.5) is 0 Å². The molecule has 1 N–H and O–H groups in total. The molecule has 0 saturated heterocycles. The molecule has 1 atom stereocenters. The van der Waals surface area contributed by atoms with Crippen LogP contribution in [0.25, 0.3) is 0 Å². The molecule has 0 aliphatic carbocycles. The van der Waals surface area contributed by atoms with Crippen molar-refractivity contribution in [2.24, 2.45) is 0 Å². The van der Waals surface area contributed by atoms with E-state index in [1.165, 1.54) is 4.90 Å². The lowest BCUT2D eigenvalue weighted by Gasteiger charge is -2.29. The van der Waals surface area contributed by atoms with Crippen molar-refractivity contribution >= 4 is 35.0 Å². The van der Waals surface area contributed by atoms with Gasteiger partial charge < -0.3 is 10.2 Å². The van der Waals surface area contributed by atoms with E-state index in [0.717, 1.165) is 11.1 Å². The number of carbonyl (C=O) groups excluding carboxylic acids is 2. The van der Waals surface area contributed by atoms with E-state index in [4.69, 9.17) is 23.2 Å². The first-order valence-corrected chi connectivity index (χ1v) is 9.64. The molecule has 144 valence electrons. The Bertz CT molecular complexity index is 786. The molecule has 0 saturated carbocycles. The van der Waals surface area contributed by atoms with E-state index in [9.17, 15) is 9.59 Å². The van der Waals surface area contributed by atoms with E-state index in [1.54, 1.807) is 25.1 Å². The van der Waals surface area contributed by atoms with E-state index in [-0.39, 0.29) is 24.8 Å². The first-order chi connectivity index (χ1) is 12.8. The molecule has 27 heavy (non-hydrogen) atoms. The number of benzene rings is 2. The minimum absolute atomic E-state index is 0.159. The van der Waals surface area contributed by atoms with Crippen molar-refractivity contribution in [3.05, 3.63) is 69.2 Å². The summed E-state index contributed by atoms with van der Waals surface area (Å²) in [4.78, 5) is 26.9. The van der Waals surface area contributed by atoms with Crippen LogP contribution in [0.3, 0.4) is 0 Å². The molecule has 0 aliphatic rings. The quantitative estimate of drug-likeness (QED) is 0.740. The number of carbonyl (C=O) groups is 2. The van der Waals surface area contributed by atoms with Gasteiger partial charge in [0, 0.05) is 28.7 Å². The van der Waals surface area contributed by atoms with Gasteiger partial charge in [-0.05, 0) is 38.5 Å². The number of hydrogen-bond donors (Lipinski definition) is 1. The molecule has 0 unspecified atom stereocenters. The molecule has 4 nitrogen and oxygen atoms in total. The maximum Gasteiger partial charge on any atom is 0.242 e. The van der Waals surface area contributed by atoms with Crippen molar-refractivity contribution in [1.29, 1.82) is 0 Å². The van der Waals surface area contributed by atoms with Crippen LogP contribution >= 0.6 is 23.2 Å². The first kappa shape index (κ1) is 21.3. The monoisotopic (exact) mass is 406 g/mol. The maximum absolute atomic E-state index is 13.0. The van der Waals surface area contributed by atoms with Crippen molar-refractivity contribution in [2.45, 2.75) is 39.8 Å². The Labute approximate surface area is 170 Å². The molecule has 0 fully saturated rings. The standard InChI is InChI=1S/C21H24Cl2N2O2/c1-4-24-21(27)15(3)25(13-17-18(22)6-5-7-19(17)23)20(26)12-16-10-8-14(2)9-11-16/h5-11,15H,4,12-13H2,1-3H3,(H,24,27)/t15-/m1/s1. The zero-order chi connectivity index (χ0) is 20.0. The number of rotatable bonds is 7. The molecular weight excluding hydrogens is 383 g/mol. The predicted molar refractivity (Wildman–Crippen MR) is 110 cm³/mol. The number of hydrogen-bond acceptors (Lipinski definition) is 2. The summed E-state index contributed by atoms with van der Waals surface area (Å²) in [7, 11) is 0. The van der Waals surface area contributed by atoms with E-state index in [2.05, 4.69) is 5.32 Å². The predicted octanol–water partition coefficient (Wildman–Crippen LogP) is 4.40. The molecule has 2 aromatic carbocycles. The van der Waals surface area contributed by atoms with Gasteiger partial charge in [0.05, 0.1) is 6.42 Å². The Hall–Kier alpha value is -2.04. The zero-order valence-corrected chi connectivity index (χ0v) is 17.3. The second-order valence-electron chi connectivity index (χ2n) is 6.45. The molecule has 0 heterocycles. The van der Waals surface area contributed by atoms with Gasteiger partial charge in [0.2, 0.25) is 11.8 Å². The minimum Gasteiger partial charge on any atom is -0.355 e. The Morgan fingerprint density at radius 3 is 2.22 bits per heavy atom. The van der Waals surface area contributed by atoms with Crippen molar-refractivity contribution in [3.8, 4) is 0 Å². The third-order valence-corrected chi connectivity index (χ3v) is 5.09. The normalized spacial score (nSPS) is 11.7. The summed E-state index contributed by atoms with van der Waals surface area (Å²) in [6.07, 6.45) is 0.200. The molecule has 0 radical (unpaired) electrons. The topological polar surface area (TPSA) is 49.4 Å². The average molecular weight is 407 g/mol. The van der Waals surface area contributed by atoms with Gasteiger partial charge in [-0.1, -0.05) is 59.1 Å². The second kappa shape index (κ2) is 9.77. The van der Waals surface area contributed by atoms with Crippen LogP contribution in [0.5, 0.6) is 0 Å². The van der Waals surface area contributed by atoms with Crippen molar-refractivity contribution in [1.82, 2.24) is 10.2 Å². The number of amides is 2. The summed E-state index contributed by atoms with van der Waals surface area (Å²) < 4.78 is 0. The average Bonchev–Trinajstić information content (AvgIpc) is 2.63. The number of nitrogens with zero attached hydrogens (tertiary/aromatic N) is 1. The third-order valence-electron chi connectivity index (χ3n) is 4.38. The molecule has 0 aromatic heterocycles. The number of nitrogens with one attached hydrogen (secondary N) is 1. The van der Waals surface area contributed by atoms with E-state index in [1.807, 2.05) is 38.1 Å². The van der Waals surface area contributed by atoms with Gasteiger partial charge in [-0.3, -0.25) is 9.59 Å². The number of likely N-dealkylation sites (N-methyl/N-ethyl adjacent to an activating group) is 1. The van der Waals surface area contributed by atoms with Gasteiger partial charge in [0.15, 0.2) is 0 Å².